The molecule has 3 aromatic rings. The van der Waals surface area contributed by atoms with Crippen molar-refractivity contribution < 1.29 is 15.3 Å². The van der Waals surface area contributed by atoms with Crippen LogP contribution in [0.15, 0.2) is 40.1 Å². The number of aromatic nitrogens is 3. The van der Waals surface area contributed by atoms with Gasteiger partial charge < -0.3 is 19.9 Å². The van der Waals surface area contributed by atoms with Gasteiger partial charge in [0.15, 0.2) is 0 Å². The topological polar surface area (TPSA) is 110 Å². The van der Waals surface area contributed by atoms with Crippen LogP contribution in [0, 0.1) is 0 Å². The third-order valence-corrected chi connectivity index (χ3v) is 5.20. The molecule has 1 aromatic carbocycles. The summed E-state index contributed by atoms with van der Waals surface area (Å²) >= 11 is 5.97. The number of hydrogen-bond donors (Lipinski definition) is 3. The largest absolute Gasteiger partial charge is 0.394 e. The average Bonchev–Trinajstić information content (AvgIpc) is 3.08. The van der Waals surface area contributed by atoms with Crippen LogP contribution in [-0.2, 0) is 19.6 Å². The molecule has 0 saturated heterocycles. The van der Waals surface area contributed by atoms with E-state index in [1.54, 1.807) is 24.3 Å². The summed E-state index contributed by atoms with van der Waals surface area (Å²) < 4.78 is 3.76. The summed E-state index contributed by atoms with van der Waals surface area (Å²) in [6.07, 6.45) is 1.49. The van der Waals surface area contributed by atoms with E-state index in [0.717, 1.165) is 4.57 Å². The van der Waals surface area contributed by atoms with Gasteiger partial charge in [-0.2, -0.15) is 0 Å². The van der Waals surface area contributed by atoms with Gasteiger partial charge in [-0.05, 0) is 17.7 Å². The number of fused-ring (bicyclic) bond motifs is 1. The zero-order chi connectivity index (χ0) is 19.9. The lowest BCUT2D eigenvalue weighted by molar-refractivity contribution is 0.0168. The second-order valence-corrected chi connectivity index (χ2v) is 6.96. The molecule has 2 aromatic heterocycles. The predicted molar refractivity (Wildman–Crippen MR) is 102 cm³/mol. The summed E-state index contributed by atoms with van der Waals surface area (Å²) in [5.41, 5.74) is -1.20. The summed E-state index contributed by atoms with van der Waals surface area (Å²) in [6, 6.07) is 6.67. The fourth-order valence-corrected chi connectivity index (χ4v) is 3.31. The summed E-state index contributed by atoms with van der Waals surface area (Å²) in [6.45, 7) is -1.72. The maximum atomic E-state index is 12.9. The van der Waals surface area contributed by atoms with E-state index in [4.69, 9.17) is 11.6 Å². The maximum Gasteiger partial charge on any atom is 0.330 e. The SMILES string of the molecule is Cn1c(=O)c2c(-c3ccc(Cl)cc3)n(C(CO)(CO)CO)cc2n(C)c1=O. The highest BCUT2D eigenvalue weighted by Crippen LogP contribution is 2.33. The Hall–Kier alpha value is -2.39. The van der Waals surface area contributed by atoms with Crippen LogP contribution in [0.25, 0.3) is 22.2 Å². The highest BCUT2D eigenvalue weighted by atomic mass is 35.5. The fourth-order valence-electron chi connectivity index (χ4n) is 3.18. The molecule has 3 rings (SSSR count). The second-order valence-electron chi connectivity index (χ2n) is 6.52. The van der Waals surface area contributed by atoms with E-state index < -0.39 is 36.6 Å². The van der Waals surface area contributed by atoms with Gasteiger partial charge in [-0.15, -0.1) is 0 Å². The molecular weight excluding hydrogens is 374 g/mol. The van der Waals surface area contributed by atoms with E-state index in [1.807, 2.05) is 0 Å². The number of aliphatic hydroxyl groups is 3. The number of aryl methyl sites for hydroxylation is 1. The van der Waals surface area contributed by atoms with Crippen LogP contribution in [0.5, 0.6) is 0 Å². The number of hydrogen-bond acceptors (Lipinski definition) is 5. The number of nitrogens with zero attached hydrogens (tertiary/aromatic N) is 3. The van der Waals surface area contributed by atoms with Crippen LogP contribution >= 0.6 is 11.6 Å². The monoisotopic (exact) mass is 393 g/mol. The quantitative estimate of drug-likeness (QED) is 0.566. The molecule has 0 radical (unpaired) electrons. The van der Waals surface area contributed by atoms with Crippen molar-refractivity contribution in [2.45, 2.75) is 5.54 Å². The normalized spacial score (nSPS) is 12.1. The van der Waals surface area contributed by atoms with Crippen LogP contribution in [0.2, 0.25) is 5.02 Å². The molecule has 3 N–H and O–H groups in total. The highest BCUT2D eigenvalue weighted by molar-refractivity contribution is 6.30. The van der Waals surface area contributed by atoms with Crippen molar-refractivity contribution >= 4 is 22.5 Å². The van der Waals surface area contributed by atoms with Gasteiger partial charge in [0.05, 0.1) is 36.4 Å². The fraction of sp³-hybridized carbons (Fsp3) is 0.333. The second kappa shape index (κ2) is 6.97. The Kier molecular flexibility index (Phi) is 5.00. The van der Waals surface area contributed by atoms with Gasteiger partial charge in [-0.25, -0.2) is 4.79 Å². The zero-order valence-electron chi connectivity index (χ0n) is 14.9. The molecule has 0 spiro atoms. The standard InChI is InChI=1S/C18H20ClN3O5/c1-20-13-7-22(18(8-23,9-24)10-25)15(11-3-5-12(19)6-4-11)14(13)16(26)21(2)17(20)27/h3-7,23-25H,8-10H2,1-2H3. The van der Waals surface area contributed by atoms with E-state index in [9.17, 15) is 24.9 Å². The molecule has 144 valence electrons. The minimum absolute atomic E-state index is 0.238. The molecule has 27 heavy (non-hydrogen) atoms. The minimum atomic E-state index is -1.46. The smallest absolute Gasteiger partial charge is 0.330 e. The lowest BCUT2D eigenvalue weighted by Crippen LogP contribution is -2.44. The Bertz CT molecular complexity index is 1100. The molecule has 0 atom stereocenters. The van der Waals surface area contributed by atoms with Crippen molar-refractivity contribution in [1.82, 2.24) is 13.7 Å². The first-order valence-corrected chi connectivity index (χ1v) is 8.59. The van der Waals surface area contributed by atoms with Gasteiger partial charge in [0.1, 0.15) is 5.54 Å². The third kappa shape index (κ3) is 2.81. The van der Waals surface area contributed by atoms with Gasteiger partial charge in [0.2, 0.25) is 0 Å². The molecule has 0 aliphatic rings. The molecule has 0 unspecified atom stereocenters. The molecule has 8 nitrogen and oxygen atoms in total. The van der Waals surface area contributed by atoms with Gasteiger partial charge in [0, 0.05) is 25.3 Å². The van der Waals surface area contributed by atoms with Gasteiger partial charge >= 0.3 is 5.69 Å². The molecule has 0 saturated carbocycles. The Labute approximate surface area is 159 Å². The van der Waals surface area contributed by atoms with Gasteiger partial charge in [0.25, 0.3) is 5.56 Å². The summed E-state index contributed by atoms with van der Waals surface area (Å²) in [7, 11) is 2.91. The Morgan fingerprint density at radius 2 is 1.52 bits per heavy atom. The molecular formula is C18H20ClN3O5. The summed E-state index contributed by atoms with van der Waals surface area (Å²) in [5, 5.41) is 30.5. The maximum absolute atomic E-state index is 12.9. The van der Waals surface area contributed by atoms with Crippen molar-refractivity contribution in [1.29, 1.82) is 0 Å². The molecule has 0 aliphatic carbocycles. The van der Waals surface area contributed by atoms with Gasteiger partial charge in [-0.3, -0.25) is 13.9 Å². The average molecular weight is 394 g/mol. The lowest BCUT2D eigenvalue weighted by Gasteiger charge is -2.31. The predicted octanol–water partition coefficient (Wildman–Crippen LogP) is 0.0313. The summed E-state index contributed by atoms with van der Waals surface area (Å²) in [4.78, 5) is 25.2. The van der Waals surface area contributed by atoms with E-state index in [1.165, 1.54) is 29.4 Å². The number of halogens is 1. The van der Waals surface area contributed by atoms with Crippen molar-refractivity contribution in [2.24, 2.45) is 14.1 Å². The van der Waals surface area contributed by atoms with Crippen molar-refractivity contribution in [3.05, 3.63) is 56.3 Å². The summed E-state index contributed by atoms with van der Waals surface area (Å²) in [5.74, 6) is 0. The van der Waals surface area contributed by atoms with E-state index >= 15 is 0 Å². The molecule has 2 heterocycles. The zero-order valence-corrected chi connectivity index (χ0v) is 15.6. The first-order chi connectivity index (χ1) is 12.8. The highest BCUT2D eigenvalue weighted by Gasteiger charge is 2.34. The molecule has 0 fully saturated rings. The van der Waals surface area contributed by atoms with Gasteiger partial charge in [-0.1, -0.05) is 23.7 Å². The Morgan fingerprint density at radius 3 is 2.04 bits per heavy atom. The van der Waals surface area contributed by atoms with Crippen LogP contribution in [0.4, 0.5) is 0 Å². The number of aliphatic hydroxyl groups excluding tert-OH is 3. The van der Waals surface area contributed by atoms with Crippen LogP contribution in [-0.4, -0.2) is 48.8 Å². The van der Waals surface area contributed by atoms with Crippen molar-refractivity contribution in [2.75, 3.05) is 19.8 Å². The van der Waals surface area contributed by atoms with E-state index in [-0.39, 0.29) is 5.39 Å². The number of rotatable bonds is 5. The van der Waals surface area contributed by atoms with Crippen LogP contribution in [0.1, 0.15) is 0 Å². The Balaban J connectivity index is 2.56. The third-order valence-electron chi connectivity index (χ3n) is 4.95. The molecule has 0 bridgehead atoms. The van der Waals surface area contributed by atoms with Crippen molar-refractivity contribution in [3.8, 4) is 11.3 Å². The minimum Gasteiger partial charge on any atom is -0.394 e. The van der Waals surface area contributed by atoms with E-state index in [2.05, 4.69) is 0 Å². The molecule has 9 heteroatoms. The molecule has 0 amide bonds. The number of benzene rings is 1. The van der Waals surface area contributed by atoms with Crippen molar-refractivity contribution in [3.63, 3.8) is 0 Å². The van der Waals surface area contributed by atoms with Crippen LogP contribution < -0.4 is 11.2 Å². The first-order valence-electron chi connectivity index (χ1n) is 8.21. The molecule has 0 aliphatic heterocycles. The van der Waals surface area contributed by atoms with Crippen LogP contribution in [0.3, 0.4) is 0 Å². The first kappa shape index (κ1) is 19.4. The van der Waals surface area contributed by atoms with E-state index in [0.29, 0.717) is 21.8 Å². The Morgan fingerprint density at radius 1 is 0.963 bits per heavy atom. The lowest BCUT2D eigenvalue weighted by atomic mass is 10.0.